The molecule has 0 amide bonds. The third-order valence-corrected chi connectivity index (χ3v) is 3.08. The number of hydrogen-bond donors (Lipinski definition) is 1. The van der Waals surface area contributed by atoms with E-state index in [-0.39, 0.29) is 12.1 Å². The number of hydrogen-bond acceptors (Lipinski definition) is 5. The van der Waals surface area contributed by atoms with Crippen molar-refractivity contribution < 1.29 is 19.0 Å². The van der Waals surface area contributed by atoms with Gasteiger partial charge in [0.05, 0.1) is 26.4 Å². The van der Waals surface area contributed by atoms with Gasteiger partial charge in [0.2, 0.25) is 0 Å². The Labute approximate surface area is 117 Å². The fourth-order valence-electron chi connectivity index (χ4n) is 1.68. The van der Waals surface area contributed by atoms with Gasteiger partial charge in [-0.1, -0.05) is 0 Å². The molecule has 0 aromatic heterocycles. The summed E-state index contributed by atoms with van der Waals surface area (Å²) in [4.78, 5) is 11.6. The van der Waals surface area contributed by atoms with Crippen molar-refractivity contribution in [3.05, 3.63) is 0 Å². The second-order valence-electron chi connectivity index (χ2n) is 5.06. The van der Waals surface area contributed by atoms with Gasteiger partial charge in [-0.15, -0.1) is 0 Å². The first-order chi connectivity index (χ1) is 8.96. The van der Waals surface area contributed by atoms with Crippen molar-refractivity contribution in [3.8, 4) is 0 Å². The molecule has 0 aliphatic rings. The first-order valence-corrected chi connectivity index (χ1v) is 6.93. The molecule has 0 aliphatic carbocycles. The third kappa shape index (κ3) is 8.18. The standard InChI is InChI=1S/C14H29NO4/c1-12(2)19-11-10-18-9-7-6-8-14(3,15-4)13(16)17-5/h12,15H,6-11H2,1-5H3. The van der Waals surface area contributed by atoms with E-state index in [4.69, 9.17) is 14.2 Å². The van der Waals surface area contributed by atoms with Gasteiger partial charge in [0.1, 0.15) is 5.54 Å². The summed E-state index contributed by atoms with van der Waals surface area (Å²) >= 11 is 0. The average molecular weight is 275 g/mol. The molecule has 5 nitrogen and oxygen atoms in total. The molecule has 0 heterocycles. The van der Waals surface area contributed by atoms with E-state index in [0.29, 0.717) is 19.8 Å². The van der Waals surface area contributed by atoms with Crippen molar-refractivity contribution in [1.82, 2.24) is 5.32 Å². The van der Waals surface area contributed by atoms with Crippen LogP contribution in [0.3, 0.4) is 0 Å². The van der Waals surface area contributed by atoms with Crippen LogP contribution >= 0.6 is 0 Å². The number of methoxy groups -OCH3 is 1. The first kappa shape index (κ1) is 18.4. The summed E-state index contributed by atoms with van der Waals surface area (Å²) in [6.45, 7) is 7.82. The van der Waals surface area contributed by atoms with Crippen LogP contribution in [0.2, 0.25) is 0 Å². The quantitative estimate of drug-likeness (QED) is 0.460. The van der Waals surface area contributed by atoms with E-state index < -0.39 is 5.54 Å². The Morgan fingerprint density at radius 2 is 1.89 bits per heavy atom. The van der Waals surface area contributed by atoms with Gasteiger partial charge in [0.25, 0.3) is 0 Å². The van der Waals surface area contributed by atoms with Gasteiger partial charge in [-0.2, -0.15) is 0 Å². The summed E-state index contributed by atoms with van der Waals surface area (Å²) in [6, 6.07) is 0. The summed E-state index contributed by atoms with van der Waals surface area (Å²) in [7, 11) is 3.19. The van der Waals surface area contributed by atoms with Crippen molar-refractivity contribution in [2.45, 2.75) is 51.7 Å². The maximum atomic E-state index is 11.6. The van der Waals surface area contributed by atoms with Crippen LogP contribution in [0, 0.1) is 0 Å². The molecule has 0 fully saturated rings. The topological polar surface area (TPSA) is 56.8 Å². The number of carbonyl (C=O) groups is 1. The highest BCUT2D eigenvalue weighted by atomic mass is 16.5. The minimum atomic E-state index is -0.602. The molecule has 0 bridgehead atoms. The zero-order chi connectivity index (χ0) is 14.7. The molecule has 0 radical (unpaired) electrons. The average Bonchev–Trinajstić information content (AvgIpc) is 2.40. The van der Waals surface area contributed by atoms with Crippen molar-refractivity contribution >= 4 is 5.97 Å². The van der Waals surface area contributed by atoms with Gasteiger partial charge in [0.15, 0.2) is 0 Å². The molecule has 1 atom stereocenters. The number of rotatable bonds is 11. The van der Waals surface area contributed by atoms with Crippen molar-refractivity contribution in [1.29, 1.82) is 0 Å². The Balaban J connectivity index is 3.59. The number of nitrogens with one attached hydrogen (secondary N) is 1. The molecule has 0 aliphatic heterocycles. The minimum Gasteiger partial charge on any atom is -0.468 e. The first-order valence-electron chi connectivity index (χ1n) is 6.93. The van der Waals surface area contributed by atoms with Gasteiger partial charge in [-0.25, -0.2) is 0 Å². The fourth-order valence-corrected chi connectivity index (χ4v) is 1.68. The van der Waals surface area contributed by atoms with E-state index in [9.17, 15) is 4.79 Å². The molecular weight excluding hydrogens is 246 g/mol. The monoisotopic (exact) mass is 275 g/mol. The Kier molecular flexibility index (Phi) is 9.83. The molecule has 1 unspecified atom stereocenters. The van der Waals surface area contributed by atoms with Crippen molar-refractivity contribution in [2.24, 2.45) is 0 Å². The highest BCUT2D eigenvalue weighted by Crippen LogP contribution is 2.15. The number of likely N-dealkylation sites (N-methyl/N-ethyl adjacent to an activating group) is 1. The number of carbonyl (C=O) groups excluding carboxylic acids is 1. The van der Waals surface area contributed by atoms with Gasteiger partial charge in [-0.05, 0) is 47.1 Å². The molecule has 0 saturated carbocycles. The summed E-state index contributed by atoms with van der Waals surface area (Å²) in [6.07, 6.45) is 2.83. The minimum absolute atomic E-state index is 0.221. The molecule has 1 N–H and O–H groups in total. The molecule has 0 rings (SSSR count). The molecule has 0 aromatic rings. The lowest BCUT2D eigenvalue weighted by atomic mass is 9.95. The van der Waals surface area contributed by atoms with E-state index >= 15 is 0 Å². The van der Waals surface area contributed by atoms with Crippen molar-refractivity contribution in [3.63, 3.8) is 0 Å². The lowest BCUT2D eigenvalue weighted by Crippen LogP contribution is -2.48. The SMILES string of the molecule is CNC(C)(CCCCOCCOC(C)C)C(=O)OC. The van der Waals surface area contributed by atoms with Crippen LogP contribution in [0.25, 0.3) is 0 Å². The maximum Gasteiger partial charge on any atom is 0.325 e. The molecular formula is C14H29NO4. The Hall–Kier alpha value is -0.650. The van der Waals surface area contributed by atoms with Crippen molar-refractivity contribution in [2.75, 3.05) is 34.0 Å². The number of ether oxygens (including phenoxy) is 3. The second-order valence-corrected chi connectivity index (χ2v) is 5.06. The Morgan fingerprint density at radius 1 is 1.21 bits per heavy atom. The van der Waals surface area contributed by atoms with E-state index in [1.54, 1.807) is 7.05 Å². The van der Waals surface area contributed by atoms with E-state index in [0.717, 1.165) is 19.3 Å². The maximum absolute atomic E-state index is 11.6. The third-order valence-electron chi connectivity index (χ3n) is 3.08. The van der Waals surface area contributed by atoms with Gasteiger partial charge in [-0.3, -0.25) is 4.79 Å². The Bertz CT molecular complexity index is 246. The predicted octanol–water partition coefficient (Wildman–Crippen LogP) is 1.75. The largest absolute Gasteiger partial charge is 0.468 e. The van der Waals surface area contributed by atoms with Crippen LogP contribution in [0.1, 0.15) is 40.0 Å². The van der Waals surface area contributed by atoms with Crippen LogP contribution < -0.4 is 5.32 Å². The molecule has 5 heteroatoms. The highest BCUT2D eigenvalue weighted by molar-refractivity contribution is 5.80. The Morgan fingerprint density at radius 3 is 2.42 bits per heavy atom. The summed E-state index contributed by atoms with van der Waals surface area (Å²) in [5, 5.41) is 3.02. The zero-order valence-electron chi connectivity index (χ0n) is 13.0. The summed E-state index contributed by atoms with van der Waals surface area (Å²) in [5.74, 6) is -0.221. The van der Waals surface area contributed by atoms with E-state index in [1.807, 2.05) is 20.8 Å². The highest BCUT2D eigenvalue weighted by Gasteiger charge is 2.31. The molecule has 0 aromatic carbocycles. The molecule has 0 spiro atoms. The smallest absolute Gasteiger partial charge is 0.325 e. The number of esters is 1. The van der Waals surface area contributed by atoms with Crippen LogP contribution in [0.15, 0.2) is 0 Å². The summed E-state index contributed by atoms with van der Waals surface area (Å²) < 4.78 is 15.6. The molecule has 19 heavy (non-hydrogen) atoms. The van der Waals surface area contributed by atoms with Gasteiger partial charge < -0.3 is 19.5 Å². The zero-order valence-corrected chi connectivity index (χ0v) is 13.0. The lowest BCUT2D eigenvalue weighted by Gasteiger charge is -2.25. The van der Waals surface area contributed by atoms with E-state index in [1.165, 1.54) is 7.11 Å². The number of unbranched alkanes of at least 4 members (excludes halogenated alkanes) is 1. The fraction of sp³-hybridized carbons (Fsp3) is 0.929. The van der Waals surface area contributed by atoms with E-state index in [2.05, 4.69) is 5.32 Å². The lowest BCUT2D eigenvalue weighted by molar-refractivity contribution is -0.148. The van der Waals surface area contributed by atoms with Crippen LogP contribution in [-0.2, 0) is 19.0 Å². The van der Waals surface area contributed by atoms with Gasteiger partial charge >= 0.3 is 5.97 Å². The normalized spacial score (nSPS) is 14.4. The van der Waals surface area contributed by atoms with Gasteiger partial charge in [0, 0.05) is 6.61 Å². The molecule has 114 valence electrons. The van der Waals surface area contributed by atoms with Crippen LogP contribution in [-0.4, -0.2) is 51.6 Å². The summed E-state index contributed by atoms with van der Waals surface area (Å²) in [5.41, 5.74) is -0.602. The van der Waals surface area contributed by atoms with Crippen LogP contribution in [0.4, 0.5) is 0 Å². The predicted molar refractivity (Wildman–Crippen MR) is 75.2 cm³/mol. The molecule has 0 saturated heterocycles. The van der Waals surface area contributed by atoms with Crippen LogP contribution in [0.5, 0.6) is 0 Å². The second kappa shape index (κ2) is 10.2.